The summed E-state index contributed by atoms with van der Waals surface area (Å²) in [5, 5.41) is 9.90. The average Bonchev–Trinajstić information content (AvgIpc) is 2.95. The van der Waals surface area contributed by atoms with Crippen LogP contribution in [0.25, 0.3) is 16.6 Å². The van der Waals surface area contributed by atoms with Crippen LogP contribution in [0.2, 0.25) is 5.02 Å². The van der Waals surface area contributed by atoms with Crippen LogP contribution in [0.5, 0.6) is 0 Å². The average molecular weight is 438 g/mol. The van der Waals surface area contributed by atoms with Gasteiger partial charge in [-0.25, -0.2) is 0 Å². The first kappa shape index (κ1) is 20.2. The van der Waals surface area contributed by atoms with E-state index in [1.165, 1.54) is 5.56 Å². The largest absolute Gasteiger partial charge is 0.480 e. The number of likely N-dealkylation sites (tertiary alicyclic amines) is 1. The van der Waals surface area contributed by atoms with E-state index in [0.29, 0.717) is 16.3 Å². The Labute approximate surface area is 185 Å². The van der Waals surface area contributed by atoms with Crippen LogP contribution in [0.15, 0.2) is 41.2 Å². The Morgan fingerprint density at radius 1 is 1.23 bits per heavy atom. The van der Waals surface area contributed by atoms with Crippen molar-refractivity contribution in [2.75, 3.05) is 19.6 Å². The van der Waals surface area contributed by atoms with Gasteiger partial charge in [0.05, 0.1) is 33.6 Å². The molecule has 5 rings (SSSR count). The number of piperidine rings is 1. The van der Waals surface area contributed by atoms with Crippen LogP contribution in [-0.4, -0.2) is 45.2 Å². The highest BCUT2D eigenvalue weighted by molar-refractivity contribution is 6.35. The Kier molecular flexibility index (Phi) is 4.68. The highest BCUT2D eigenvalue weighted by Gasteiger charge is 2.39. The second kappa shape index (κ2) is 7.18. The summed E-state index contributed by atoms with van der Waals surface area (Å²) >= 11 is 6.37. The molecule has 1 fully saturated rings. The Hall–Kier alpha value is -2.70. The van der Waals surface area contributed by atoms with Gasteiger partial charge in [0.1, 0.15) is 5.82 Å². The van der Waals surface area contributed by atoms with E-state index in [2.05, 4.69) is 41.6 Å². The molecule has 2 aliphatic heterocycles. The summed E-state index contributed by atoms with van der Waals surface area (Å²) < 4.78 is 2.08. The van der Waals surface area contributed by atoms with Gasteiger partial charge in [0, 0.05) is 0 Å². The molecule has 1 N–H and O–H groups in total. The molecular formula is C24H24ClN3O3. The van der Waals surface area contributed by atoms with Gasteiger partial charge in [-0.1, -0.05) is 29.8 Å². The Morgan fingerprint density at radius 2 is 1.97 bits per heavy atom. The summed E-state index contributed by atoms with van der Waals surface area (Å²) in [6, 6.07) is 12.1. The summed E-state index contributed by atoms with van der Waals surface area (Å²) in [6.07, 6.45) is 1.86. The molecule has 0 radical (unpaired) electrons. The van der Waals surface area contributed by atoms with Gasteiger partial charge in [0.2, 0.25) is 0 Å². The third-order valence-corrected chi connectivity index (χ3v) is 7.09. The van der Waals surface area contributed by atoms with Crippen LogP contribution < -0.4 is 5.56 Å². The zero-order valence-electron chi connectivity index (χ0n) is 17.6. The topological polar surface area (TPSA) is 75.4 Å². The zero-order valence-corrected chi connectivity index (χ0v) is 18.3. The van der Waals surface area contributed by atoms with Crippen molar-refractivity contribution in [2.24, 2.45) is 0 Å². The van der Waals surface area contributed by atoms with Gasteiger partial charge in [-0.2, -0.15) is 4.98 Å². The number of benzene rings is 2. The van der Waals surface area contributed by atoms with Crippen molar-refractivity contribution < 1.29 is 9.90 Å². The number of aliphatic carboxylic acids is 1. The lowest BCUT2D eigenvalue weighted by Gasteiger charge is -2.31. The minimum atomic E-state index is -0.776. The number of carbonyl (C=O) groups is 1. The van der Waals surface area contributed by atoms with E-state index in [4.69, 9.17) is 16.7 Å². The summed E-state index contributed by atoms with van der Waals surface area (Å²) in [7, 11) is 0. The molecule has 0 saturated carbocycles. The van der Waals surface area contributed by atoms with E-state index in [-0.39, 0.29) is 12.1 Å². The summed E-state index contributed by atoms with van der Waals surface area (Å²) in [4.78, 5) is 30.2. The molecule has 1 aromatic heterocycles. The van der Waals surface area contributed by atoms with Crippen LogP contribution in [-0.2, 0) is 10.2 Å². The molecule has 160 valence electrons. The molecule has 7 heteroatoms. The normalized spacial score (nSPS) is 18.2. The number of carboxylic acids is 1. The first-order valence-electron chi connectivity index (χ1n) is 10.6. The smallest absolute Gasteiger partial charge is 0.317 e. The van der Waals surface area contributed by atoms with Crippen molar-refractivity contribution in [3.8, 4) is 5.69 Å². The lowest BCUT2D eigenvalue weighted by molar-refractivity contribution is -0.138. The van der Waals surface area contributed by atoms with E-state index in [9.17, 15) is 9.59 Å². The fraction of sp³-hybridized carbons (Fsp3) is 0.375. The maximum atomic E-state index is 12.8. The molecule has 0 spiro atoms. The van der Waals surface area contributed by atoms with Gasteiger partial charge in [-0.3, -0.25) is 19.1 Å². The first-order valence-corrected chi connectivity index (χ1v) is 11.0. The highest BCUT2D eigenvalue weighted by atomic mass is 35.5. The monoisotopic (exact) mass is 437 g/mol. The molecule has 2 aromatic carbocycles. The minimum absolute atomic E-state index is 0.101. The molecule has 3 aromatic rings. The van der Waals surface area contributed by atoms with Crippen molar-refractivity contribution in [3.63, 3.8) is 0 Å². The van der Waals surface area contributed by atoms with E-state index in [1.807, 2.05) is 17.0 Å². The van der Waals surface area contributed by atoms with E-state index < -0.39 is 11.4 Å². The minimum Gasteiger partial charge on any atom is -0.480 e. The van der Waals surface area contributed by atoms with E-state index >= 15 is 0 Å². The van der Waals surface area contributed by atoms with Crippen LogP contribution in [0.3, 0.4) is 0 Å². The predicted molar refractivity (Wildman–Crippen MR) is 121 cm³/mol. The van der Waals surface area contributed by atoms with Crippen LogP contribution in [0, 0.1) is 0 Å². The van der Waals surface area contributed by atoms with Crippen molar-refractivity contribution in [3.05, 3.63) is 68.7 Å². The lowest BCUT2D eigenvalue weighted by Crippen LogP contribution is -2.36. The summed E-state index contributed by atoms with van der Waals surface area (Å²) in [5.41, 5.74) is 3.52. The maximum absolute atomic E-state index is 12.8. The van der Waals surface area contributed by atoms with Gasteiger partial charge in [0.15, 0.2) is 0 Å². The second-order valence-electron chi connectivity index (χ2n) is 9.06. The summed E-state index contributed by atoms with van der Waals surface area (Å²) in [6.45, 7) is 5.85. The predicted octanol–water partition coefficient (Wildman–Crippen LogP) is 3.94. The number of halogens is 1. The number of nitrogens with zero attached hydrogens (tertiary/aromatic N) is 3. The molecular weight excluding hydrogens is 414 g/mol. The number of carboxylic acid groups (broad SMARTS) is 1. The Balaban J connectivity index is 1.60. The molecule has 0 unspecified atom stereocenters. The molecule has 0 atom stereocenters. The molecule has 2 aliphatic rings. The van der Waals surface area contributed by atoms with E-state index in [1.54, 1.807) is 6.07 Å². The van der Waals surface area contributed by atoms with Crippen LogP contribution >= 0.6 is 11.6 Å². The maximum Gasteiger partial charge on any atom is 0.317 e. The SMILES string of the molecule is CC1(C)c2ccc(C3CCN(CC(=O)O)CC3)cc2-n2c1nc(=O)c1c(Cl)cccc12. The highest BCUT2D eigenvalue weighted by Crippen LogP contribution is 2.44. The van der Waals surface area contributed by atoms with Crippen molar-refractivity contribution in [1.29, 1.82) is 0 Å². The number of hydrogen-bond acceptors (Lipinski definition) is 4. The third-order valence-electron chi connectivity index (χ3n) is 6.78. The van der Waals surface area contributed by atoms with Gasteiger partial charge in [-0.05, 0) is 75.0 Å². The van der Waals surface area contributed by atoms with Crippen molar-refractivity contribution in [1.82, 2.24) is 14.5 Å². The number of aromatic nitrogens is 2. The van der Waals surface area contributed by atoms with E-state index in [0.717, 1.165) is 48.5 Å². The van der Waals surface area contributed by atoms with Crippen molar-refractivity contribution in [2.45, 2.75) is 38.0 Å². The first-order chi connectivity index (χ1) is 14.8. The fourth-order valence-electron chi connectivity index (χ4n) is 5.14. The van der Waals surface area contributed by atoms with Gasteiger partial charge < -0.3 is 5.11 Å². The molecule has 0 bridgehead atoms. The van der Waals surface area contributed by atoms with Crippen molar-refractivity contribution >= 4 is 28.5 Å². The van der Waals surface area contributed by atoms with Gasteiger partial charge in [0.25, 0.3) is 5.56 Å². The molecule has 6 nitrogen and oxygen atoms in total. The number of rotatable bonds is 3. The molecule has 0 aliphatic carbocycles. The van der Waals surface area contributed by atoms with Gasteiger partial charge >= 0.3 is 5.97 Å². The Morgan fingerprint density at radius 3 is 2.68 bits per heavy atom. The second-order valence-corrected chi connectivity index (χ2v) is 9.46. The standard InChI is InChI=1S/C24H24ClN3O3/c1-24(2)16-7-6-15(14-8-10-27(11-9-14)13-20(29)30)12-19(16)28-18-5-3-4-17(25)21(18)22(31)26-23(24)28/h3-7,12,14H,8-11,13H2,1-2H3,(H,29,30). The van der Waals surface area contributed by atoms with Gasteiger partial charge in [-0.15, -0.1) is 0 Å². The lowest BCUT2D eigenvalue weighted by atomic mass is 9.83. The molecule has 3 heterocycles. The summed E-state index contributed by atoms with van der Waals surface area (Å²) in [5.74, 6) is 0.336. The molecule has 31 heavy (non-hydrogen) atoms. The fourth-order valence-corrected chi connectivity index (χ4v) is 5.39. The Bertz CT molecular complexity index is 1270. The molecule has 0 amide bonds. The van der Waals surface area contributed by atoms with Crippen LogP contribution in [0.1, 0.15) is 49.6 Å². The number of fused-ring (bicyclic) bond motifs is 5. The molecule has 1 saturated heterocycles. The quantitative estimate of drug-likeness (QED) is 0.671. The van der Waals surface area contributed by atoms with Crippen LogP contribution in [0.4, 0.5) is 0 Å². The third kappa shape index (κ3) is 3.17. The number of hydrogen-bond donors (Lipinski definition) is 1. The zero-order chi connectivity index (χ0) is 21.9.